The molecule has 8 bridgehead atoms. The van der Waals surface area contributed by atoms with Gasteiger partial charge in [-0.3, -0.25) is 4.98 Å². The summed E-state index contributed by atoms with van der Waals surface area (Å²) in [7, 11) is 0. The van der Waals surface area contributed by atoms with Crippen molar-refractivity contribution in [1.29, 1.82) is 0 Å². The molecule has 7 aromatic rings. The van der Waals surface area contributed by atoms with Crippen molar-refractivity contribution in [2.45, 2.75) is 0 Å². The lowest BCUT2D eigenvalue weighted by molar-refractivity contribution is 1.30. The molecule has 0 radical (unpaired) electrons. The Labute approximate surface area is 293 Å². The summed E-state index contributed by atoms with van der Waals surface area (Å²) in [5.74, 6) is 0. The van der Waals surface area contributed by atoms with Gasteiger partial charge >= 0.3 is 0 Å². The van der Waals surface area contributed by atoms with Gasteiger partial charge in [0, 0.05) is 73.8 Å². The molecular formula is C43H32N8. The maximum atomic E-state index is 6.14. The van der Waals surface area contributed by atoms with Crippen LogP contribution in [-0.2, 0) is 0 Å². The van der Waals surface area contributed by atoms with Crippen molar-refractivity contribution in [3.63, 3.8) is 0 Å². The van der Waals surface area contributed by atoms with Crippen LogP contribution < -0.4 is 17.2 Å². The third kappa shape index (κ3) is 5.41. The second-order valence-corrected chi connectivity index (χ2v) is 12.6. The van der Waals surface area contributed by atoms with E-state index in [-0.39, 0.29) is 0 Å². The number of benzene rings is 3. The van der Waals surface area contributed by atoms with Crippen LogP contribution in [0.2, 0.25) is 0 Å². The van der Waals surface area contributed by atoms with Gasteiger partial charge in [0.2, 0.25) is 0 Å². The average Bonchev–Trinajstić information content (AvgIpc) is 3.99. The van der Waals surface area contributed by atoms with E-state index in [1.165, 1.54) is 0 Å². The molecule has 0 atom stereocenters. The van der Waals surface area contributed by atoms with Crippen LogP contribution in [0.15, 0.2) is 122 Å². The zero-order chi connectivity index (χ0) is 34.5. The van der Waals surface area contributed by atoms with Crippen molar-refractivity contribution in [2.75, 3.05) is 17.2 Å². The first-order valence-electron chi connectivity index (χ1n) is 16.6. The number of aromatic nitrogens is 5. The second kappa shape index (κ2) is 12.0. The largest absolute Gasteiger partial charge is 0.399 e. The molecule has 0 unspecified atom stereocenters. The number of nitrogens with two attached hydrogens (primary N) is 3. The predicted molar refractivity (Wildman–Crippen MR) is 212 cm³/mol. The summed E-state index contributed by atoms with van der Waals surface area (Å²) in [6.45, 7) is 0. The van der Waals surface area contributed by atoms with Gasteiger partial charge in [-0.25, -0.2) is 9.97 Å². The molecule has 8 nitrogen and oxygen atoms in total. The molecule has 0 aliphatic carbocycles. The van der Waals surface area contributed by atoms with Gasteiger partial charge in [-0.05, 0) is 119 Å². The van der Waals surface area contributed by atoms with E-state index in [4.69, 9.17) is 27.2 Å². The Kier molecular flexibility index (Phi) is 7.07. The van der Waals surface area contributed by atoms with Gasteiger partial charge in [0.15, 0.2) is 0 Å². The zero-order valence-corrected chi connectivity index (χ0v) is 27.4. The summed E-state index contributed by atoms with van der Waals surface area (Å²) in [6.07, 6.45) is 11.9. The Hall–Kier alpha value is -7.19. The number of anilines is 3. The summed E-state index contributed by atoms with van der Waals surface area (Å²) in [5, 5.41) is 0. The van der Waals surface area contributed by atoms with E-state index >= 15 is 0 Å². The average molecular weight is 661 g/mol. The number of fused-ring (bicyclic) bond motifs is 8. The lowest BCUT2D eigenvalue weighted by Crippen LogP contribution is -1.91. The van der Waals surface area contributed by atoms with E-state index < -0.39 is 0 Å². The van der Waals surface area contributed by atoms with Crippen molar-refractivity contribution >= 4 is 63.4 Å². The van der Waals surface area contributed by atoms with Gasteiger partial charge < -0.3 is 27.2 Å². The SMILES string of the molecule is Nc1ccc(-c2c3nc(c(-c4ccc(N)cc4)c4ccc([nH]4)c(-c4ccc(N)cc4)c4nc(c(-c5ccncc5)c5ccc2[nH]5)C=C4)C=C3)cc1. The van der Waals surface area contributed by atoms with E-state index in [9.17, 15) is 0 Å². The lowest BCUT2D eigenvalue weighted by Gasteiger charge is -2.07. The number of nitrogen functional groups attached to an aromatic ring is 3. The van der Waals surface area contributed by atoms with Gasteiger partial charge in [-0.1, -0.05) is 36.4 Å². The van der Waals surface area contributed by atoms with E-state index in [2.05, 4.69) is 63.5 Å². The maximum absolute atomic E-state index is 6.14. The van der Waals surface area contributed by atoms with Crippen LogP contribution in [0.3, 0.4) is 0 Å². The summed E-state index contributed by atoms with van der Waals surface area (Å²) < 4.78 is 0. The van der Waals surface area contributed by atoms with Gasteiger partial charge in [-0.2, -0.15) is 0 Å². The Morgan fingerprint density at radius 3 is 0.902 bits per heavy atom. The number of hydrogen-bond donors (Lipinski definition) is 5. The fraction of sp³-hybridized carbons (Fsp3) is 0. The molecule has 0 fully saturated rings. The predicted octanol–water partition coefficient (Wildman–Crippen LogP) is 9.47. The third-order valence-corrected chi connectivity index (χ3v) is 9.32. The minimum atomic E-state index is 0.692. The minimum absolute atomic E-state index is 0.692. The molecule has 4 aromatic heterocycles. The number of nitrogens with one attached hydrogen (secondary N) is 2. The molecule has 6 heterocycles. The highest BCUT2D eigenvalue weighted by atomic mass is 14.8. The number of nitrogens with zero attached hydrogens (tertiary/aromatic N) is 3. The molecule has 0 saturated carbocycles. The quantitative estimate of drug-likeness (QED) is 0.119. The van der Waals surface area contributed by atoms with Crippen molar-refractivity contribution in [3.05, 3.63) is 144 Å². The number of rotatable bonds is 4. The Balaban J connectivity index is 1.47. The number of hydrogen-bond acceptors (Lipinski definition) is 6. The Bertz CT molecular complexity index is 2640. The maximum Gasteiger partial charge on any atom is 0.0737 e. The Morgan fingerprint density at radius 1 is 0.333 bits per heavy atom. The van der Waals surface area contributed by atoms with Crippen molar-refractivity contribution < 1.29 is 0 Å². The van der Waals surface area contributed by atoms with Gasteiger partial charge in [0.25, 0.3) is 0 Å². The van der Waals surface area contributed by atoms with Gasteiger partial charge in [0.1, 0.15) is 0 Å². The van der Waals surface area contributed by atoms with E-state index in [0.717, 1.165) is 89.4 Å². The van der Waals surface area contributed by atoms with Gasteiger partial charge in [0.05, 0.1) is 22.8 Å². The Morgan fingerprint density at radius 2 is 0.608 bits per heavy atom. The number of aromatic amines is 2. The highest BCUT2D eigenvalue weighted by Gasteiger charge is 2.19. The molecular weight excluding hydrogens is 629 g/mol. The monoisotopic (exact) mass is 660 g/mol. The standard InChI is InChI=1S/C43H32N8/c44-29-7-1-25(2-8-29)40-32-13-15-34(48-32)41(26-3-9-30(45)10-4-26)36-17-19-38(50-36)43(28-21-23-47-24-22-28)39-20-18-37(51-39)42(35-16-14-33(40)49-35)27-5-11-31(46)12-6-27/h1-24,48,51H,44-46H2. The lowest BCUT2D eigenvalue weighted by atomic mass is 10.0. The fourth-order valence-electron chi connectivity index (χ4n) is 6.89. The number of pyridine rings is 1. The van der Waals surface area contributed by atoms with Crippen LogP contribution in [-0.4, -0.2) is 24.9 Å². The first-order chi connectivity index (χ1) is 25.0. The molecule has 51 heavy (non-hydrogen) atoms. The third-order valence-electron chi connectivity index (χ3n) is 9.32. The van der Waals surface area contributed by atoms with Crippen molar-refractivity contribution in [2.24, 2.45) is 0 Å². The van der Waals surface area contributed by atoms with Crippen LogP contribution in [0.1, 0.15) is 22.8 Å². The highest BCUT2D eigenvalue weighted by Crippen LogP contribution is 2.38. The fourth-order valence-corrected chi connectivity index (χ4v) is 6.89. The topological polar surface area (TPSA) is 148 Å². The van der Waals surface area contributed by atoms with Gasteiger partial charge in [-0.15, -0.1) is 0 Å². The summed E-state index contributed by atoms with van der Waals surface area (Å²) in [6, 6.07) is 36.1. The van der Waals surface area contributed by atoms with Crippen LogP contribution >= 0.6 is 0 Å². The van der Waals surface area contributed by atoms with Crippen LogP contribution in [0, 0.1) is 0 Å². The van der Waals surface area contributed by atoms with E-state index in [1.807, 2.05) is 84.9 Å². The second-order valence-electron chi connectivity index (χ2n) is 12.6. The van der Waals surface area contributed by atoms with Crippen LogP contribution in [0.5, 0.6) is 0 Å². The van der Waals surface area contributed by atoms with Crippen LogP contribution in [0.4, 0.5) is 17.1 Å². The number of H-pyrrole nitrogens is 2. The van der Waals surface area contributed by atoms with E-state index in [0.29, 0.717) is 17.1 Å². The summed E-state index contributed by atoms with van der Waals surface area (Å²) >= 11 is 0. The molecule has 0 saturated heterocycles. The molecule has 2 aliphatic heterocycles. The summed E-state index contributed by atoms with van der Waals surface area (Å²) in [5.41, 5.74) is 35.2. The highest BCUT2D eigenvalue weighted by molar-refractivity contribution is 6.00. The molecule has 244 valence electrons. The summed E-state index contributed by atoms with van der Waals surface area (Å²) in [4.78, 5) is 22.4. The van der Waals surface area contributed by atoms with Crippen LogP contribution in [0.25, 0.3) is 90.9 Å². The molecule has 2 aliphatic rings. The molecule has 8 heteroatoms. The molecule has 9 rings (SSSR count). The normalized spacial score (nSPS) is 12.0. The first kappa shape index (κ1) is 29.9. The zero-order valence-electron chi connectivity index (χ0n) is 27.4. The first-order valence-corrected chi connectivity index (χ1v) is 16.6. The molecule has 8 N–H and O–H groups in total. The molecule has 0 amide bonds. The molecule has 3 aromatic carbocycles. The van der Waals surface area contributed by atoms with Crippen molar-refractivity contribution in [1.82, 2.24) is 24.9 Å². The van der Waals surface area contributed by atoms with E-state index in [1.54, 1.807) is 12.4 Å². The van der Waals surface area contributed by atoms with Crippen molar-refractivity contribution in [3.8, 4) is 44.5 Å². The smallest absolute Gasteiger partial charge is 0.0737 e. The molecule has 0 spiro atoms. The minimum Gasteiger partial charge on any atom is -0.399 e.